The normalized spacial score (nSPS) is 13.5. The van der Waals surface area contributed by atoms with Crippen molar-refractivity contribution in [2.45, 2.75) is 79.4 Å². The number of aliphatic carboxylic acids is 2. The van der Waals surface area contributed by atoms with E-state index in [4.69, 9.17) is 19.4 Å². The first kappa shape index (κ1) is 43.5. The van der Waals surface area contributed by atoms with Crippen LogP contribution < -0.4 is 5.32 Å². The Morgan fingerprint density at radius 3 is 1.78 bits per heavy atom. The number of ether oxygens (including phenoxy) is 2. The van der Waals surface area contributed by atoms with Gasteiger partial charge in [-0.25, -0.2) is 9.97 Å². The first-order chi connectivity index (χ1) is 23.3. The fraction of sp³-hybridized carbons (Fsp3) is 0.421. The summed E-state index contributed by atoms with van der Waals surface area (Å²) in [7, 11) is 7.12. The van der Waals surface area contributed by atoms with Crippen LogP contribution in [0.15, 0.2) is 24.3 Å². The molecule has 51 heavy (non-hydrogen) atoms. The van der Waals surface area contributed by atoms with Gasteiger partial charge in [-0.3, -0.25) is 9.59 Å². The molecule has 276 valence electrons. The summed E-state index contributed by atoms with van der Waals surface area (Å²) in [6, 6.07) is 7.97. The van der Waals surface area contributed by atoms with E-state index >= 15 is 0 Å². The van der Waals surface area contributed by atoms with Gasteiger partial charge in [0.1, 0.15) is 0 Å². The van der Waals surface area contributed by atoms with Gasteiger partial charge in [-0.05, 0) is 126 Å². The van der Waals surface area contributed by atoms with Crippen molar-refractivity contribution in [3.8, 4) is 0 Å². The Bertz CT molecular complexity index is 2000. The van der Waals surface area contributed by atoms with Gasteiger partial charge in [0, 0.05) is 60.3 Å². The summed E-state index contributed by atoms with van der Waals surface area (Å²) in [5, 5.41) is 21.8. The van der Waals surface area contributed by atoms with Crippen LogP contribution in [0.5, 0.6) is 0 Å². The Morgan fingerprint density at radius 1 is 0.725 bits per heavy atom. The first-order valence-corrected chi connectivity index (χ1v) is 16.5. The molecular formula is C38H53ClGaN5O6. The van der Waals surface area contributed by atoms with Crippen molar-refractivity contribution >= 4 is 88.5 Å². The molecule has 0 radical (unpaired) electrons. The molecule has 0 saturated heterocycles. The molecule has 5 heterocycles. The molecule has 2 atom stereocenters. The topological polar surface area (TPSA) is 162 Å². The molecule has 0 aliphatic carbocycles. The van der Waals surface area contributed by atoms with Crippen molar-refractivity contribution in [3.63, 3.8) is 0 Å². The third kappa shape index (κ3) is 9.42. The molecule has 0 amide bonds. The molecule has 13 heteroatoms. The van der Waals surface area contributed by atoms with Gasteiger partial charge >= 0.3 is 31.7 Å². The molecule has 2 unspecified atom stereocenters. The van der Waals surface area contributed by atoms with Gasteiger partial charge in [0.25, 0.3) is 0 Å². The van der Waals surface area contributed by atoms with E-state index in [2.05, 4.69) is 22.2 Å². The van der Waals surface area contributed by atoms with E-state index in [1.165, 1.54) is 0 Å². The van der Waals surface area contributed by atoms with Gasteiger partial charge in [0.15, 0.2) is 0 Å². The van der Waals surface area contributed by atoms with Crippen LogP contribution in [0.4, 0.5) is 0 Å². The van der Waals surface area contributed by atoms with Gasteiger partial charge in [0.05, 0.1) is 35.0 Å². The van der Waals surface area contributed by atoms with Crippen LogP contribution in [-0.2, 0) is 25.5 Å². The number of H-pyrrole nitrogens is 2. The van der Waals surface area contributed by atoms with E-state index in [0.29, 0.717) is 18.5 Å². The third-order valence-corrected chi connectivity index (χ3v) is 9.33. The number of aromatic nitrogens is 4. The summed E-state index contributed by atoms with van der Waals surface area (Å²) in [5.74, 6) is -1.77. The molecular weight excluding hydrogens is 728 g/mol. The molecule has 0 spiro atoms. The van der Waals surface area contributed by atoms with Crippen LogP contribution >= 0.6 is 12.4 Å². The number of carboxylic acids is 2. The number of nitrogens with zero attached hydrogens (tertiary/aromatic N) is 2. The molecule has 2 aliphatic heterocycles. The zero-order valence-corrected chi connectivity index (χ0v) is 31.4. The SMILES string of the molecule is CNC.COC(C)C1=C(C)c2cc3[nH]c(cc4nc(cc5[nH]c(cc1n2)c(C)c5CCC(=O)O)C(CCC(=O)O)=C4C)c(C)c3C(C)OC.Cl.[GaH3]. The maximum atomic E-state index is 11.6. The van der Waals surface area contributed by atoms with Gasteiger partial charge in [-0.1, -0.05) is 0 Å². The Kier molecular flexibility index (Phi) is 16.0. The molecule has 5 rings (SSSR count). The number of rotatable bonds is 10. The van der Waals surface area contributed by atoms with E-state index in [-0.39, 0.29) is 57.2 Å². The summed E-state index contributed by atoms with van der Waals surface area (Å²) in [4.78, 5) is 40.5. The number of hydrogen-bond acceptors (Lipinski definition) is 7. The number of halogens is 1. The van der Waals surface area contributed by atoms with E-state index < -0.39 is 11.9 Å². The average Bonchev–Trinajstić information content (AvgIpc) is 3.71. The standard InChI is InChI=1S/C36H42N4O6.C2H7N.ClH.Ga.3H/c1-17-23(9-11-33(41)42)29-16-30-24(10-12-34(43)44)18(2)26(38-30)14-31-36(22(6)46-8)20(4)28(40-31)15-32-35(21(5)45-7)19(3)27(39-32)13-25(17)37-29;1-3-2;;;;;/h13-16,21-22,38-39H,9-12H2,1-8H3,(H,41,42)(H,43,44);3H,1-2H3;1H;;;;. The Balaban J connectivity index is 0.00000174. The van der Waals surface area contributed by atoms with Crippen molar-refractivity contribution in [2.75, 3.05) is 28.3 Å². The zero-order valence-electron chi connectivity index (χ0n) is 30.6. The average molecular weight is 781 g/mol. The van der Waals surface area contributed by atoms with Crippen LogP contribution in [-0.4, -0.2) is 96.3 Å². The summed E-state index contributed by atoms with van der Waals surface area (Å²) >= 11 is 0. The molecule has 3 aromatic heterocycles. The molecule has 2 aliphatic rings. The molecule has 3 aromatic rings. The summed E-state index contributed by atoms with van der Waals surface area (Å²) in [5.41, 5.74) is 13.8. The number of aromatic amines is 2. The molecule has 8 bridgehead atoms. The number of hydrogen-bond donors (Lipinski definition) is 5. The number of carboxylic acid groups (broad SMARTS) is 2. The first-order valence-electron chi connectivity index (χ1n) is 16.5. The van der Waals surface area contributed by atoms with E-state index in [9.17, 15) is 19.8 Å². The minimum absolute atomic E-state index is 0. The fourth-order valence-electron chi connectivity index (χ4n) is 6.52. The second-order valence-corrected chi connectivity index (χ2v) is 12.6. The second kappa shape index (κ2) is 18.7. The summed E-state index contributed by atoms with van der Waals surface area (Å²) < 4.78 is 11.6. The second-order valence-electron chi connectivity index (χ2n) is 12.6. The third-order valence-electron chi connectivity index (χ3n) is 9.33. The van der Waals surface area contributed by atoms with Crippen LogP contribution in [0.1, 0.15) is 98.1 Å². The van der Waals surface area contributed by atoms with Crippen LogP contribution in [0, 0.1) is 13.8 Å². The predicted molar refractivity (Wildman–Crippen MR) is 212 cm³/mol. The van der Waals surface area contributed by atoms with Gasteiger partial charge < -0.3 is 35.0 Å². The summed E-state index contributed by atoms with van der Waals surface area (Å²) in [6.07, 6.45) is 0.128. The van der Waals surface area contributed by atoms with Crippen molar-refractivity contribution in [3.05, 3.63) is 69.3 Å². The number of allylic oxidation sites excluding steroid dienone is 3. The van der Waals surface area contributed by atoms with Gasteiger partial charge in [-0.2, -0.15) is 0 Å². The number of methoxy groups -OCH3 is 2. The minimum atomic E-state index is -0.887. The summed E-state index contributed by atoms with van der Waals surface area (Å²) in [6.45, 7) is 12.1. The molecule has 0 saturated carbocycles. The maximum absolute atomic E-state index is 11.6. The van der Waals surface area contributed by atoms with E-state index in [1.807, 2.05) is 73.0 Å². The monoisotopic (exact) mass is 779 g/mol. The van der Waals surface area contributed by atoms with E-state index in [0.717, 1.165) is 83.7 Å². The van der Waals surface area contributed by atoms with Gasteiger partial charge in [-0.15, -0.1) is 12.4 Å². The quantitative estimate of drug-likeness (QED) is 0.145. The number of aryl methyl sites for hydroxylation is 3. The van der Waals surface area contributed by atoms with Crippen LogP contribution in [0.3, 0.4) is 0 Å². The molecule has 11 nitrogen and oxygen atoms in total. The van der Waals surface area contributed by atoms with Crippen LogP contribution in [0.2, 0.25) is 0 Å². The van der Waals surface area contributed by atoms with Crippen molar-refractivity contribution in [1.82, 2.24) is 25.3 Å². The number of nitrogens with one attached hydrogen (secondary N) is 3. The molecule has 0 fully saturated rings. The number of carbonyl (C=O) groups is 2. The van der Waals surface area contributed by atoms with Gasteiger partial charge in [0.2, 0.25) is 0 Å². The van der Waals surface area contributed by atoms with Crippen molar-refractivity contribution in [1.29, 1.82) is 0 Å². The van der Waals surface area contributed by atoms with Crippen molar-refractivity contribution in [2.24, 2.45) is 0 Å². The predicted octanol–water partition coefficient (Wildman–Crippen LogP) is 6.49. The fourth-order valence-corrected chi connectivity index (χ4v) is 6.52. The molecule has 0 aromatic carbocycles. The Morgan fingerprint density at radius 2 is 1.20 bits per heavy atom. The van der Waals surface area contributed by atoms with Crippen LogP contribution in [0.25, 0.3) is 44.4 Å². The zero-order chi connectivity index (χ0) is 36.2. The number of fused-ring (bicyclic) bond motifs is 8. The van der Waals surface area contributed by atoms with Crippen molar-refractivity contribution < 1.29 is 29.3 Å². The Hall–Kier alpha value is -3.65. The molecule has 5 N–H and O–H groups in total. The van der Waals surface area contributed by atoms with E-state index in [1.54, 1.807) is 14.2 Å². The Labute approximate surface area is 318 Å².